The lowest BCUT2D eigenvalue weighted by Crippen LogP contribution is -2.46. The van der Waals surface area contributed by atoms with E-state index in [4.69, 9.17) is 16.2 Å². The molecule has 1 aromatic heterocycles. The van der Waals surface area contributed by atoms with Crippen LogP contribution in [0.1, 0.15) is 55.7 Å². The van der Waals surface area contributed by atoms with Crippen molar-refractivity contribution in [2.45, 2.75) is 38.8 Å². The van der Waals surface area contributed by atoms with Crippen LogP contribution in [-0.2, 0) is 9.53 Å². The van der Waals surface area contributed by atoms with Crippen LogP contribution < -0.4 is 21.7 Å². The third kappa shape index (κ3) is 5.57. The van der Waals surface area contributed by atoms with Crippen molar-refractivity contribution in [2.75, 3.05) is 23.8 Å². The van der Waals surface area contributed by atoms with Crippen molar-refractivity contribution in [3.8, 4) is 5.75 Å². The number of hydrogen-bond donors (Lipinski definition) is 4. The fraction of sp³-hybridized carbons (Fsp3) is 0.308. The fourth-order valence-electron chi connectivity index (χ4n) is 4.37. The molecule has 0 saturated carbocycles. The number of anilines is 2. The maximum absolute atomic E-state index is 14.1. The summed E-state index contributed by atoms with van der Waals surface area (Å²) in [6, 6.07) is 10.4. The van der Waals surface area contributed by atoms with Crippen LogP contribution in [0.2, 0.25) is 0 Å². The molecule has 194 valence electrons. The fourth-order valence-corrected chi connectivity index (χ4v) is 5.11. The van der Waals surface area contributed by atoms with Crippen LogP contribution in [0, 0.1) is 13.8 Å². The Morgan fingerprint density at radius 2 is 1.95 bits per heavy atom. The summed E-state index contributed by atoms with van der Waals surface area (Å²) in [5.41, 5.74) is 13.8. The van der Waals surface area contributed by atoms with Gasteiger partial charge in [0.15, 0.2) is 5.69 Å². The highest BCUT2D eigenvalue weighted by atomic mass is 32.1. The summed E-state index contributed by atoms with van der Waals surface area (Å²) in [6.07, 6.45) is 1.64. The van der Waals surface area contributed by atoms with Crippen LogP contribution in [0.4, 0.5) is 11.4 Å². The van der Waals surface area contributed by atoms with E-state index in [0.717, 1.165) is 35.5 Å². The standard InChI is InChI=1S/C26H29N5O5S/c1-14-5-10-19(15(2)12-14)31(26(35)23-20(27)21(24(28)33)30-37-23)22(16-6-8-17(32)9-7-16)25(34)29-13-18-4-3-11-36-18/h5-10,12,18,22,32H,3-4,11,13,27H2,1-2H3,(H2,28,33)(H,29,34)/t18-,22+/m0/s1. The Morgan fingerprint density at radius 1 is 1.22 bits per heavy atom. The number of aromatic hydroxyl groups is 1. The number of phenolic OH excluding ortho intramolecular Hbond substituents is 1. The van der Waals surface area contributed by atoms with Gasteiger partial charge < -0.3 is 26.6 Å². The van der Waals surface area contributed by atoms with Crippen molar-refractivity contribution < 1.29 is 24.2 Å². The van der Waals surface area contributed by atoms with E-state index in [2.05, 4.69) is 9.69 Å². The molecule has 0 bridgehead atoms. The van der Waals surface area contributed by atoms with Crippen LogP contribution >= 0.6 is 11.5 Å². The van der Waals surface area contributed by atoms with Gasteiger partial charge in [-0.1, -0.05) is 29.8 Å². The van der Waals surface area contributed by atoms with Gasteiger partial charge in [0.05, 0.1) is 11.8 Å². The average Bonchev–Trinajstić information content (AvgIpc) is 3.52. The van der Waals surface area contributed by atoms with Crippen LogP contribution in [0.25, 0.3) is 0 Å². The van der Waals surface area contributed by atoms with Crippen molar-refractivity contribution in [1.82, 2.24) is 9.69 Å². The molecule has 1 fully saturated rings. The zero-order valence-electron chi connectivity index (χ0n) is 20.6. The van der Waals surface area contributed by atoms with E-state index in [9.17, 15) is 19.5 Å². The van der Waals surface area contributed by atoms with E-state index in [1.807, 2.05) is 26.0 Å². The number of nitrogen functional groups attached to an aromatic ring is 1. The number of benzene rings is 2. The van der Waals surface area contributed by atoms with E-state index in [1.165, 1.54) is 17.0 Å². The van der Waals surface area contributed by atoms with Crippen LogP contribution in [0.5, 0.6) is 5.75 Å². The number of nitrogens with zero attached hydrogens (tertiary/aromatic N) is 2. The topological polar surface area (TPSA) is 161 Å². The SMILES string of the molecule is Cc1ccc(N(C(=O)c2snc(C(N)=O)c2N)[C@@H](C(=O)NC[C@@H]2CCCO2)c2ccc(O)cc2)c(C)c1. The monoisotopic (exact) mass is 523 g/mol. The second-order valence-corrected chi connectivity index (χ2v) is 9.75. The highest BCUT2D eigenvalue weighted by Crippen LogP contribution is 2.35. The molecule has 37 heavy (non-hydrogen) atoms. The minimum absolute atomic E-state index is 0.00974. The summed E-state index contributed by atoms with van der Waals surface area (Å²) in [7, 11) is 0. The lowest BCUT2D eigenvalue weighted by Gasteiger charge is -2.32. The first-order chi connectivity index (χ1) is 17.7. The van der Waals surface area contributed by atoms with E-state index in [1.54, 1.807) is 18.2 Å². The zero-order valence-corrected chi connectivity index (χ0v) is 21.4. The summed E-state index contributed by atoms with van der Waals surface area (Å²) in [6.45, 7) is 4.69. The molecule has 10 nitrogen and oxygen atoms in total. The van der Waals surface area contributed by atoms with Crippen LogP contribution in [0.15, 0.2) is 42.5 Å². The number of primary amides is 1. The number of hydrogen-bond acceptors (Lipinski definition) is 8. The predicted octanol–water partition coefficient (Wildman–Crippen LogP) is 2.83. The van der Waals surface area contributed by atoms with Crippen LogP contribution in [-0.4, -0.2) is 46.5 Å². The summed E-state index contributed by atoms with van der Waals surface area (Å²) < 4.78 is 9.61. The molecule has 3 aromatic rings. The van der Waals surface area contributed by atoms with Gasteiger partial charge in [-0.25, -0.2) is 0 Å². The molecule has 1 aliphatic rings. The van der Waals surface area contributed by atoms with Gasteiger partial charge in [0.2, 0.25) is 5.91 Å². The van der Waals surface area contributed by atoms with E-state index in [-0.39, 0.29) is 34.7 Å². The highest BCUT2D eigenvalue weighted by molar-refractivity contribution is 7.09. The molecule has 0 unspecified atom stereocenters. The normalized spacial score (nSPS) is 15.8. The number of carbonyl (C=O) groups is 3. The number of nitrogens with one attached hydrogen (secondary N) is 1. The van der Waals surface area contributed by atoms with Gasteiger partial charge in [-0.2, -0.15) is 4.37 Å². The average molecular weight is 524 g/mol. The molecule has 1 aliphatic heterocycles. The summed E-state index contributed by atoms with van der Waals surface area (Å²) >= 11 is 0.746. The number of aromatic nitrogens is 1. The van der Waals surface area contributed by atoms with Gasteiger partial charge in [0, 0.05) is 18.8 Å². The number of rotatable bonds is 8. The smallest absolute Gasteiger partial charge is 0.273 e. The molecule has 0 aliphatic carbocycles. The lowest BCUT2D eigenvalue weighted by atomic mass is 10.00. The Bertz CT molecular complexity index is 1320. The third-order valence-electron chi connectivity index (χ3n) is 6.23. The van der Waals surface area contributed by atoms with Crippen molar-refractivity contribution in [2.24, 2.45) is 5.73 Å². The number of phenols is 1. The predicted molar refractivity (Wildman–Crippen MR) is 141 cm³/mol. The second-order valence-electron chi connectivity index (χ2n) is 8.98. The van der Waals surface area contributed by atoms with Gasteiger partial charge in [-0.15, -0.1) is 0 Å². The first-order valence-electron chi connectivity index (χ1n) is 11.8. The van der Waals surface area contributed by atoms with Crippen molar-refractivity contribution >= 4 is 40.6 Å². The molecule has 1 saturated heterocycles. The van der Waals surface area contributed by atoms with Crippen molar-refractivity contribution in [3.63, 3.8) is 0 Å². The molecule has 4 rings (SSSR count). The quantitative estimate of drug-likeness (QED) is 0.353. The Balaban J connectivity index is 1.84. The molecule has 11 heteroatoms. The number of nitrogens with two attached hydrogens (primary N) is 2. The summed E-state index contributed by atoms with van der Waals surface area (Å²) in [5, 5.41) is 12.8. The molecule has 0 radical (unpaired) electrons. The Morgan fingerprint density at radius 3 is 2.54 bits per heavy atom. The van der Waals surface area contributed by atoms with Crippen molar-refractivity contribution in [1.29, 1.82) is 0 Å². The molecule has 2 atom stereocenters. The Hall–Kier alpha value is -3.96. The maximum Gasteiger partial charge on any atom is 0.273 e. The number of aryl methyl sites for hydroxylation is 2. The van der Waals surface area contributed by atoms with Gasteiger partial charge in [0.25, 0.3) is 11.8 Å². The molecular weight excluding hydrogens is 494 g/mol. The van der Waals surface area contributed by atoms with Gasteiger partial charge >= 0.3 is 0 Å². The van der Waals surface area contributed by atoms with E-state index in [0.29, 0.717) is 17.9 Å². The van der Waals surface area contributed by atoms with Crippen LogP contribution in [0.3, 0.4) is 0 Å². The summed E-state index contributed by atoms with van der Waals surface area (Å²) in [5.74, 6) is -1.88. The molecule has 6 N–H and O–H groups in total. The minimum Gasteiger partial charge on any atom is -0.508 e. The molecule has 3 amide bonds. The maximum atomic E-state index is 14.1. The van der Waals surface area contributed by atoms with Crippen molar-refractivity contribution in [3.05, 3.63) is 69.7 Å². The number of carbonyl (C=O) groups excluding carboxylic acids is 3. The lowest BCUT2D eigenvalue weighted by molar-refractivity contribution is -0.123. The molecule has 0 spiro atoms. The van der Waals surface area contributed by atoms with Gasteiger partial charge in [0.1, 0.15) is 16.7 Å². The zero-order chi connectivity index (χ0) is 26.7. The number of ether oxygens (including phenoxy) is 1. The molecule has 2 aromatic carbocycles. The first kappa shape index (κ1) is 26.1. The first-order valence-corrected chi connectivity index (χ1v) is 12.6. The van der Waals surface area contributed by atoms with Gasteiger partial charge in [-0.05, 0) is 67.5 Å². The summed E-state index contributed by atoms with van der Waals surface area (Å²) in [4.78, 5) is 41.0. The largest absolute Gasteiger partial charge is 0.508 e. The molecular formula is C26H29N5O5S. The van der Waals surface area contributed by atoms with E-state index >= 15 is 0 Å². The Kier molecular flexibility index (Phi) is 7.74. The second kappa shape index (κ2) is 11.0. The Labute approximate surface area is 218 Å². The number of amides is 3. The van der Waals surface area contributed by atoms with Gasteiger partial charge in [-0.3, -0.25) is 19.3 Å². The highest BCUT2D eigenvalue weighted by Gasteiger charge is 2.37. The minimum atomic E-state index is -1.13. The third-order valence-corrected chi connectivity index (χ3v) is 7.08. The molecule has 2 heterocycles. The van der Waals surface area contributed by atoms with E-state index < -0.39 is 23.8 Å².